The van der Waals surface area contributed by atoms with Crippen molar-refractivity contribution in [2.75, 3.05) is 39.6 Å². The Morgan fingerprint density at radius 3 is 1.30 bits per heavy atom. The Hall–Kier alpha value is -1.07. The van der Waals surface area contributed by atoms with Crippen LogP contribution in [0.15, 0.2) is 25.0 Å². The third kappa shape index (κ3) is 30.3. The van der Waals surface area contributed by atoms with Crippen LogP contribution in [0.3, 0.4) is 0 Å². The zero-order chi connectivity index (χ0) is 35.7. The Bertz CT molecular complexity index is 849. The lowest BCUT2D eigenvalue weighted by Crippen LogP contribution is -2.44. The summed E-state index contributed by atoms with van der Waals surface area (Å²) in [6.07, 6.45) is 7.30. The van der Waals surface area contributed by atoms with Gasteiger partial charge in [0.15, 0.2) is 33.3 Å². The molecule has 0 atom stereocenters. The van der Waals surface area contributed by atoms with Crippen LogP contribution in [0.25, 0.3) is 0 Å². The van der Waals surface area contributed by atoms with Crippen molar-refractivity contribution in [2.45, 2.75) is 136 Å². The van der Waals surface area contributed by atoms with E-state index in [-0.39, 0.29) is 12.6 Å². The van der Waals surface area contributed by atoms with Gasteiger partial charge >= 0.3 is 12.1 Å². The summed E-state index contributed by atoms with van der Waals surface area (Å²) in [5.41, 5.74) is 0.421. The standard InChI is InChI=1S/C17H36O4Si2.C16H34O5Si2/c1-8-9-14-22(4,5)21-23(6,7)15-10-11-19-12-13-20-17(18)16(2)3;1-7-9-14-22(3,4)21-23(5,6)15-10-11-18-12-13-20-16(17)19-8-2/h2,8-15H2,1,3-7H3;8H,2,7,9-15H2,1,3-6H3. The zero-order valence-electron chi connectivity index (χ0n) is 31.5. The smallest absolute Gasteiger partial charge is 0.460 e. The molecule has 0 aromatic carbocycles. The highest BCUT2D eigenvalue weighted by atomic mass is 28.4. The molecule has 0 aliphatic rings. The number of rotatable bonds is 26. The highest BCUT2D eigenvalue weighted by molar-refractivity contribution is 6.85. The molecular weight excluding hydrogens is 653 g/mol. The molecule has 0 rings (SSSR count). The number of carbonyl (C=O) groups is 2. The topological polar surface area (TPSA) is 98.8 Å². The maximum absolute atomic E-state index is 11.2. The van der Waals surface area contributed by atoms with E-state index in [2.05, 4.69) is 84.1 Å². The van der Waals surface area contributed by atoms with Gasteiger partial charge in [0.1, 0.15) is 13.2 Å². The Kier molecular flexibility index (Phi) is 26.5. The van der Waals surface area contributed by atoms with Crippen molar-refractivity contribution in [2.24, 2.45) is 0 Å². The summed E-state index contributed by atoms with van der Waals surface area (Å²) >= 11 is 0. The Morgan fingerprint density at radius 2 is 0.957 bits per heavy atom. The highest BCUT2D eigenvalue weighted by Crippen LogP contribution is 2.25. The molecule has 0 aliphatic carbocycles. The molecule has 9 nitrogen and oxygen atoms in total. The molecule has 46 heavy (non-hydrogen) atoms. The van der Waals surface area contributed by atoms with Crippen LogP contribution in [0.2, 0.25) is 76.6 Å². The van der Waals surface area contributed by atoms with Crippen LogP contribution in [0.1, 0.15) is 59.3 Å². The summed E-state index contributed by atoms with van der Waals surface area (Å²) < 4.78 is 38.3. The fraction of sp³-hybridized carbons (Fsp3) is 0.818. The van der Waals surface area contributed by atoms with E-state index in [0.717, 1.165) is 31.2 Å². The normalized spacial score (nSPS) is 12.2. The van der Waals surface area contributed by atoms with Crippen LogP contribution in [0.5, 0.6) is 0 Å². The van der Waals surface area contributed by atoms with Crippen molar-refractivity contribution in [3.63, 3.8) is 0 Å². The van der Waals surface area contributed by atoms with Crippen LogP contribution < -0.4 is 0 Å². The molecule has 0 aliphatic heterocycles. The first-order chi connectivity index (χ1) is 21.3. The summed E-state index contributed by atoms with van der Waals surface area (Å²) in [5, 5.41) is 0. The molecule has 0 amide bonds. The second-order valence-corrected chi connectivity index (χ2v) is 31.9. The molecule has 0 aromatic rings. The predicted molar refractivity (Wildman–Crippen MR) is 200 cm³/mol. The van der Waals surface area contributed by atoms with Crippen LogP contribution in [-0.2, 0) is 36.7 Å². The Balaban J connectivity index is 0. The molecule has 13 heteroatoms. The van der Waals surface area contributed by atoms with E-state index in [0.29, 0.717) is 38.6 Å². The minimum Gasteiger partial charge on any atom is -0.460 e. The minimum atomic E-state index is -1.62. The van der Waals surface area contributed by atoms with Crippen LogP contribution in [-0.4, -0.2) is 85.0 Å². The largest absolute Gasteiger partial charge is 0.513 e. The second kappa shape index (κ2) is 25.9. The number of hydrogen-bond donors (Lipinski definition) is 0. The molecule has 0 bridgehead atoms. The summed E-state index contributed by atoms with van der Waals surface area (Å²) in [5.74, 6) is -0.352. The minimum absolute atomic E-state index is 0.195. The summed E-state index contributed by atoms with van der Waals surface area (Å²) in [6, 6.07) is 4.70. The van der Waals surface area contributed by atoms with E-state index < -0.39 is 39.4 Å². The van der Waals surface area contributed by atoms with Gasteiger partial charge in [0, 0.05) is 18.8 Å². The van der Waals surface area contributed by atoms with Crippen LogP contribution in [0, 0.1) is 0 Å². The van der Waals surface area contributed by atoms with Crippen molar-refractivity contribution >= 4 is 45.4 Å². The average molecular weight is 723 g/mol. The lowest BCUT2D eigenvalue weighted by Gasteiger charge is -2.34. The first-order valence-corrected chi connectivity index (χ1v) is 29.6. The predicted octanol–water partition coefficient (Wildman–Crippen LogP) is 9.66. The lowest BCUT2D eigenvalue weighted by atomic mass is 10.4. The molecule has 0 spiro atoms. The number of ether oxygens (including phenoxy) is 5. The van der Waals surface area contributed by atoms with Gasteiger partial charge in [0.05, 0.1) is 19.5 Å². The zero-order valence-corrected chi connectivity index (χ0v) is 35.5. The molecular formula is C33H70O9Si4. The van der Waals surface area contributed by atoms with Gasteiger partial charge in [-0.3, -0.25) is 0 Å². The molecule has 0 radical (unpaired) electrons. The van der Waals surface area contributed by atoms with E-state index in [1.165, 1.54) is 37.8 Å². The van der Waals surface area contributed by atoms with Crippen LogP contribution >= 0.6 is 0 Å². The van der Waals surface area contributed by atoms with Gasteiger partial charge in [-0.2, -0.15) is 0 Å². The van der Waals surface area contributed by atoms with E-state index in [4.69, 9.17) is 27.2 Å². The number of hydrogen-bond acceptors (Lipinski definition) is 9. The van der Waals surface area contributed by atoms with E-state index in [1.54, 1.807) is 6.92 Å². The molecule has 272 valence electrons. The molecule has 0 saturated carbocycles. The van der Waals surface area contributed by atoms with Crippen molar-refractivity contribution in [3.8, 4) is 0 Å². The van der Waals surface area contributed by atoms with Gasteiger partial charge in [-0.1, -0.05) is 52.7 Å². The second-order valence-electron chi connectivity index (χ2n) is 14.2. The van der Waals surface area contributed by atoms with Gasteiger partial charge in [0.2, 0.25) is 0 Å². The highest BCUT2D eigenvalue weighted by Gasteiger charge is 2.33. The summed E-state index contributed by atoms with van der Waals surface area (Å²) in [6.45, 7) is 34.1. The van der Waals surface area contributed by atoms with E-state index in [1.807, 2.05) is 0 Å². The SMILES string of the molecule is C=C(C)C(=O)OCCOCCC[Si](C)(C)O[Si](C)(C)CCCC.C=COC(=O)OCCOCCC[Si](C)(C)O[Si](C)(C)CCCC. The molecule has 0 saturated heterocycles. The third-order valence-electron chi connectivity index (χ3n) is 6.94. The monoisotopic (exact) mass is 722 g/mol. The Morgan fingerprint density at radius 1 is 0.587 bits per heavy atom. The van der Waals surface area contributed by atoms with Crippen molar-refractivity contribution in [1.29, 1.82) is 0 Å². The molecule has 0 heterocycles. The van der Waals surface area contributed by atoms with E-state index >= 15 is 0 Å². The van der Waals surface area contributed by atoms with Gasteiger partial charge < -0.3 is 31.9 Å². The number of carbonyl (C=O) groups excluding carboxylic acids is 2. The summed E-state index contributed by atoms with van der Waals surface area (Å²) in [4.78, 5) is 22.1. The van der Waals surface area contributed by atoms with Gasteiger partial charge in [-0.05, 0) is 96.3 Å². The fourth-order valence-electron chi connectivity index (χ4n) is 4.91. The lowest BCUT2D eigenvalue weighted by molar-refractivity contribution is -0.140. The number of unbranched alkanes of at least 4 members (excludes halogenated alkanes) is 2. The van der Waals surface area contributed by atoms with Crippen molar-refractivity contribution < 1.29 is 41.5 Å². The van der Waals surface area contributed by atoms with Crippen molar-refractivity contribution in [3.05, 3.63) is 25.0 Å². The molecule has 0 unspecified atom stereocenters. The fourth-order valence-corrected chi connectivity index (χ4v) is 22.9. The Labute approximate surface area is 286 Å². The summed E-state index contributed by atoms with van der Waals surface area (Å²) in [7, 11) is -6.25. The average Bonchev–Trinajstić information content (AvgIpc) is 2.93. The first kappa shape index (κ1) is 47.0. The maximum atomic E-state index is 11.2. The molecule has 0 aromatic heterocycles. The van der Waals surface area contributed by atoms with Crippen molar-refractivity contribution in [1.82, 2.24) is 0 Å². The quantitative estimate of drug-likeness (QED) is 0.0284. The van der Waals surface area contributed by atoms with E-state index in [9.17, 15) is 9.59 Å². The molecule has 0 fully saturated rings. The first-order valence-electron chi connectivity index (χ1n) is 17.1. The molecule has 0 N–H and O–H groups in total. The third-order valence-corrected chi connectivity index (χ3v) is 22.0. The van der Waals surface area contributed by atoms with Gasteiger partial charge in [-0.25, -0.2) is 9.59 Å². The van der Waals surface area contributed by atoms with Gasteiger partial charge in [-0.15, -0.1) is 0 Å². The van der Waals surface area contributed by atoms with Gasteiger partial charge in [0.25, 0.3) is 0 Å². The van der Waals surface area contributed by atoms with Crippen LogP contribution in [0.4, 0.5) is 4.79 Å². The number of esters is 1. The maximum Gasteiger partial charge on any atom is 0.513 e.